The van der Waals surface area contributed by atoms with E-state index < -0.39 is 15.9 Å². The van der Waals surface area contributed by atoms with Gasteiger partial charge in [-0.25, -0.2) is 17.9 Å². The SMILES string of the molecule is CCCCCN(Cc1ccc(-c2ccccc2S(=O)(=O)NC(=O)c2ccccc2Cl)cc1)C(=O)N1CCOc2ccccc21. The lowest BCUT2D eigenvalue weighted by Gasteiger charge is -2.34. The predicted molar refractivity (Wildman–Crippen MR) is 173 cm³/mol. The van der Waals surface area contributed by atoms with Gasteiger partial charge in [0.2, 0.25) is 0 Å². The van der Waals surface area contributed by atoms with E-state index in [9.17, 15) is 18.0 Å². The molecule has 1 N–H and O–H groups in total. The molecule has 44 heavy (non-hydrogen) atoms. The van der Waals surface area contributed by atoms with Crippen LogP contribution in [0.4, 0.5) is 10.5 Å². The summed E-state index contributed by atoms with van der Waals surface area (Å²) in [5.41, 5.74) is 2.84. The van der Waals surface area contributed by atoms with Gasteiger partial charge in [0, 0.05) is 18.7 Å². The highest BCUT2D eigenvalue weighted by atomic mass is 35.5. The van der Waals surface area contributed by atoms with Gasteiger partial charge in [-0.3, -0.25) is 9.69 Å². The van der Waals surface area contributed by atoms with Gasteiger partial charge >= 0.3 is 6.03 Å². The lowest BCUT2D eigenvalue weighted by atomic mass is 10.0. The first-order valence-corrected chi connectivity index (χ1v) is 16.4. The van der Waals surface area contributed by atoms with Crippen LogP contribution in [0.15, 0.2) is 102 Å². The van der Waals surface area contributed by atoms with E-state index >= 15 is 0 Å². The molecule has 0 saturated carbocycles. The van der Waals surface area contributed by atoms with E-state index in [0.29, 0.717) is 43.1 Å². The molecule has 0 spiro atoms. The Bertz CT molecular complexity index is 1740. The highest BCUT2D eigenvalue weighted by Gasteiger charge is 2.28. The molecule has 0 aliphatic carbocycles. The number of sulfonamides is 1. The number of para-hydroxylation sites is 2. The minimum atomic E-state index is -4.22. The molecule has 0 atom stereocenters. The molecule has 0 bridgehead atoms. The van der Waals surface area contributed by atoms with Gasteiger partial charge < -0.3 is 9.64 Å². The third kappa shape index (κ3) is 7.06. The summed E-state index contributed by atoms with van der Waals surface area (Å²) in [7, 11) is -4.22. The number of urea groups is 1. The zero-order chi connectivity index (χ0) is 31.1. The number of anilines is 1. The molecule has 3 amide bonds. The lowest BCUT2D eigenvalue weighted by molar-refractivity contribution is 0.0981. The Kier molecular flexibility index (Phi) is 9.87. The molecule has 1 aliphatic rings. The second kappa shape index (κ2) is 14.0. The monoisotopic (exact) mass is 631 g/mol. The molecule has 4 aromatic carbocycles. The van der Waals surface area contributed by atoms with E-state index in [1.165, 1.54) is 18.2 Å². The van der Waals surface area contributed by atoms with Crippen LogP contribution in [0.1, 0.15) is 42.1 Å². The Labute approximate surface area is 263 Å². The van der Waals surface area contributed by atoms with E-state index in [1.54, 1.807) is 35.2 Å². The fourth-order valence-corrected chi connectivity index (χ4v) is 6.58. The number of carbonyl (C=O) groups is 2. The van der Waals surface area contributed by atoms with Gasteiger partial charge in [0.25, 0.3) is 15.9 Å². The third-order valence-corrected chi connectivity index (χ3v) is 9.14. The smallest absolute Gasteiger partial charge is 0.325 e. The molecule has 1 aliphatic heterocycles. The molecule has 4 aromatic rings. The topological polar surface area (TPSA) is 96.0 Å². The van der Waals surface area contributed by atoms with Crippen LogP contribution < -0.4 is 14.4 Å². The number of benzene rings is 4. The van der Waals surface area contributed by atoms with Crippen molar-refractivity contribution in [2.75, 3.05) is 24.6 Å². The molecule has 0 unspecified atom stereocenters. The van der Waals surface area contributed by atoms with Gasteiger partial charge in [-0.2, -0.15) is 0 Å². The van der Waals surface area contributed by atoms with E-state index in [1.807, 2.05) is 53.4 Å². The van der Waals surface area contributed by atoms with Gasteiger partial charge in [0.15, 0.2) is 0 Å². The predicted octanol–water partition coefficient (Wildman–Crippen LogP) is 7.14. The average molecular weight is 632 g/mol. The van der Waals surface area contributed by atoms with E-state index in [4.69, 9.17) is 16.3 Å². The number of unbranched alkanes of at least 4 members (excludes halogenated alkanes) is 2. The van der Waals surface area contributed by atoms with Crippen molar-refractivity contribution in [1.82, 2.24) is 9.62 Å². The van der Waals surface area contributed by atoms with Crippen LogP contribution in [0.2, 0.25) is 5.02 Å². The van der Waals surface area contributed by atoms with E-state index in [0.717, 1.165) is 30.5 Å². The highest BCUT2D eigenvalue weighted by molar-refractivity contribution is 7.90. The lowest BCUT2D eigenvalue weighted by Crippen LogP contribution is -2.46. The standard InChI is InChI=1S/C34H34ClN3O5S/c1-2-3-10-21-37(34(40)38-22-23-43-31-15-8-7-14-30(31)38)24-25-17-19-26(20-18-25)27-11-5-9-16-32(27)44(41,42)36-33(39)28-12-4-6-13-29(28)35/h4-9,11-20H,2-3,10,21-24H2,1H3,(H,36,39). The minimum Gasteiger partial charge on any atom is -0.490 e. The number of fused-ring (bicyclic) bond motifs is 1. The summed E-state index contributed by atoms with van der Waals surface area (Å²) < 4.78 is 34.6. The number of nitrogens with one attached hydrogen (secondary N) is 1. The zero-order valence-corrected chi connectivity index (χ0v) is 26.0. The number of carbonyl (C=O) groups excluding carboxylic acids is 2. The van der Waals surface area contributed by atoms with Crippen molar-refractivity contribution in [3.63, 3.8) is 0 Å². The van der Waals surface area contributed by atoms with Crippen molar-refractivity contribution >= 4 is 39.2 Å². The molecular weight excluding hydrogens is 598 g/mol. The van der Waals surface area contributed by atoms with Crippen LogP contribution in [0.5, 0.6) is 5.75 Å². The van der Waals surface area contributed by atoms with Crippen molar-refractivity contribution in [2.45, 2.75) is 37.6 Å². The number of hydrogen-bond acceptors (Lipinski definition) is 5. The number of halogens is 1. The summed E-state index contributed by atoms with van der Waals surface area (Å²) in [5.74, 6) is -0.113. The molecule has 0 saturated heterocycles. The Morgan fingerprint density at radius 1 is 0.909 bits per heavy atom. The molecule has 228 valence electrons. The highest BCUT2D eigenvalue weighted by Crippen LogP contribution is 2.32. The summed E-state index contributed by atoms with van der Waals surface area (Å²) >= 11 is 6.10. The summed E-state index contributed by atoms with van der Waals surface area (Å²) in [6.45, 7) is 4.04. The Hall–Kier alpha value is -4.34. The summed E-state index contributed by atoms with van der Waals surface area (Å²) in [6.07, 6.45) is 2.94. The second-order valence-electron chi connectivity index (χ2n) is 10.5. The van der Waals surface area contributed by atoms with Crippen LogP contribution in [-0.4, -0.2) is 45.0 Å². The van der Waals surface area contributed by atoms with E-state index in [-0.39, 0.29) is 21.5 Å². The molecule has 0 radical (unpaired) electrons. The quantitative estimate of drug-likeness (QED) is 0.188. The van der Waals surface area contributed by atoms with Crippen LogP contribution in [0.25, 0.3) is 11.1 Å². The number of amides is 3. The Balaban J connectivity index is 1.36. The molecule has 8 nitrogen and oxygen atoms in total. The zero-order valence-electron chi connectivity index (χ0n) is 24.4. The van der Waals surface area contributed by atoms with Crippen molar-refractivity contribution in [1.29, 1.82) is 0 Å². The largest absolute Gasteiger partial charge is 0.490 e. The number of hydrogen-bond donors (Lipinski definition) is 1. The first-order valence-electron chi connectivity index (χ1n) is 14.6. The fourth-order valence-electron chi connectivity index (χ4n) is 5.16. The maximum absolute atomic E-state index is 13.8. The maximum Gasteiger partial charge on any atom is 0.325 e. The Morgan fingerprint density at radius 3 is 2.39 bits per heavy atom. The van der Waals surface area contributed by atoms with Gasteiger partial charge in [-0.15, -0.1) is 0 Å². The van der Waals surface area contributed by atoms with Crippen molar-refractivity contribution in [3.8, 4) is 16.9 Å². The van der Waals surface area contributed by atoms with E-state index in [2.05, 4.69) is 11.6 Å². The van der Waals surface area contributed by atoms with Gasteiger partial charge in [0.05, 0.1) is 27.7 Å². The third-order valence-electron chi connectivity index (χ3n) is 7.42. The summed E-state index contributed by atoms with van der Waals surface area (Å²) in [4.78, 5) is 30.2. The number of ether oxygens (including phenoxy) is 1. The average Bonchev–Trinajstić information content (AvgIpc) is 3.04. The van der Waals surface area contributed by atoms with Gasteiger partial charge in [-0.1, -0.05) is 98.1 Å². The summed E-state index contributed by atoms with van der Waals surface area (Å²) in [5, 5.41) is 0.157. The van der Waals surface area contributed by atoms with Crippen LogP contribution >= 0.6 is 11.6 Å². The van der Waals surface area contributed by atoms with Crippen LogP contribution in [0.3, 0.4) is 0 Å². The number of nitrogens with zero attached hydrogens (tertiary/aromatic N) is 2. The minimum absolute atomic E-state index is 0.0319. The van der Waals surface area contributed by atoms with Crippen molar-refractivity contribution < 1.29 is 22.7 Å². The molecule has 0 fully saturated rings. The van der Waals surface area contributed by atoms with Crippen molar-refractivity contribution in [2.24, 2.45) is 0 Å². The molecular formula is C34H34ClN3O5S. The van der Waals surface area contributed by atoms with Gasteiger partial charge in [-0.05, 0) is 47.9 Å². The number of rotatable bonds is 10. The molecule has 1 heterocycles. The fraction of sp³-hybridized carbons (Fsp3) is 0.235. The first-order chi connectivity index (χ1) is 21.3. The Morgan fingerprint density at radius 2 is 1.61 bits per heavy atom. The first kappa shape index (κ1) is 31.1. The van der Waals surface area contributed by atoms with Crippen molar-refractivity contribution in [3.05, 3.63) is 113 Å². The normalized spacial score (nSPS) is 12.6. The maximum atomic E-state index is 13.8. The second-order valence-corrected chi connectivity index (χ2v) is 12.5. The van der Waals surface area contributed by atoms with Crippen LogP contribution in [0, 0.1) is 0 Å². The van der Waals surface area contributed by atoms with Crippen LogP contribution in [-0.2, 0) is 16.6 Å². The molecule has 5 rings (SSSR count). The molecule has 0 aromatic heterocycles. The molecule has 10 heteroatoms. The summed E-state index contributed by atoms with van der Waals surface area (Å²) in [6, 6.07) is 27.7. The van der Waals surface area contributed by atoms with Gasteiger partial charge in [0.1, 0.15) is 12.4 Å².